The van der Waals surface area contributed by atoms with Crippen LogP contribution in [0.4, 0.5) is 74.6 Å². The first-order valence-electron chi connectivity index (χ1n) is 8.28. The van der Waals surface area contributed by atoms with Crippen molar-refractivity contribution < 1.29 is 84.5 Å². The highest BCUT2D eigenvalue weighted by Crippen LogP contribution is 2.63. The molecular formula is C14H12F17NO2S. The topological polar surface area (TPSA) is 49.3 Å². The number of halogens is 17. The summed E-state index contributed by atoms with van der Waals surface area (Å²) in [6, 6.07) is -2.24. The molecule has 0 unspecified atom stereocenters. The molecule has 0 spiro atoms. The Labute approximate surface area is 187 Å². The Hall–Kier alpha value is -1.41. The van der Waals surface area contributed by atoms with Gasteiger partial charge in [-0.3, -0.25) is 10.1 Å². The molecule has 210 valence electrons. The summed E-state index contributed by atoms with van der Waals surface area (Å²) >= 11 is 0.849. The zero-order valence-electron chi connectivity index (χ0n) is 16.4. The van der Waals surface area contributed by atoms with Gasteiger partial charge in [-0.25, -0.2) is 0 Å². The third-order valence-electron chi connectivity index (χ3n) is 4.27. The van der Waals surface area contributed by atoms with E-state index in [1.165, 1.54) is 6.26 Å². The van der Waals surface area contributed by atoms with Crippen molar-refractivity contribution in [2.75, 3.05) is 18.6 Å². The molecule has 35 heavy (non-hydrogen) atoms. The number of nitrogens with one attached hydrogen (secondary N) is 1. The van der Waals surface area contributed by atoms with Gasteiger partial charge in [0.2, 0.25) is 0 Å². The van der Waals surface area contributed by atoms with Crippen LogP contribution in [0, 0.1) is 0 Å². The summed E-state index contributed by atoms with van der Waals surface area (Å²) in [5.41, 5.74) is 0. The summed E-state index contributed by atoms with van der Waals surface area (Å²) in [6.45, 7) is -2.99. The molecule has 0 heterocycles. The highest BCUT2D eigenvalue weighted by atomic mass is 32.2. The van der Waals surface area contributed by atoms with E-state index in [1.807, 2.05) is 0 Å². The molecule has 0 aliphatic carbocycles. The first-order valence-corrected chi connectivity index (χ1v) is 9.67. The Morgan fingerprint density at radius 3 is 1.34 bits per heavy atom. The number of aliphatic carboxylic acids is 1. The lowest BCUT2D eigenvalue weighted by Gasteiger charge is -2.42. The van der Waals surface area contributed by atoms with Gasteiger partial charge in [-0.05, 0) is 18.4 Å². The normalized spacial score (nSPS) is 16.4. The summed E-state index contributed by atoms with van der Waals surface area (Å²) in [6.07, 6.45) is -7.17. The molecule has 0 radical (unpaired) electrons. The second-order valence-corrected chi connectivity index (χ2v) is 7.69. The Morgan fingerprint density at radius 2 is 1.03 bits per heavy atom. The quantitative estimate of drug-likeness (QED) is 0.271. The predicted molar refractivity (Wildman–Crippen MR) is 83.1 cm³/mol. The van der Waals surface area contributed by atoms with Crippen LogP contribution < -0.4 is 5.32 Å². The summed E-state index contributed by atoms with van der Waals surface area (Å²) < 4.78 is 223. The molecule has 0 amide bonds. The summed E-state index contributed by atoms with van der Waals surface area (Å²) in [5, 5.41) is 9.72. The minimum absolute atomic E-state index is 0.200. The van der Waals surface area contributed by atoms with Crippen molar-refractivity contribution >= 4 is 17.7 Å². The Bertz CT molecular complexity index is 752. The fourth-order valence-corrected chi connectivity index (χ4v) is 2.58. The van der Waals surface area contributed by atoms with Gasteiger partial charge in [0.25, 0.3) is 0 Å². The maximum atomic E-state index is 13.7. The molecule has 2 N–H and O–H groups in total. The molecule has 3 nitrogen and oxygen atoms in total. The molecule has 0 fully saturated rings. The highest BCUT2D eigenvalue weighted by molar-refractivity contribution is 7.98. The minimum Gasteiger partial charge on any atom is -0.480 e. The van der Waals surface area contributed by atoms with Gasteiger partial charge in [0, 0.05) is 0 Å². The minimum atomic E-state index is -8.70. The predicted octanol–water partition coefficient (Wildman–Crippen LogP) is 5.79. The second-order valence-electron chi connectivity index (χ2n) is 6.70. The van der Waals surface area contributed by atoms with Crippen molar-refractivity contribution in [2.45, 2.75) is 60.1 Å². The molecule has 0 bridgehead atoms. The average molecular weight is 581 g/mol. The van der Waals surface area contributed by atoms with Crippen molar-refractivity contribution in [2.24, 2.45) is 0 Å². The molecular weight excluding hydrogens is 569 g/mol. The van der Waals surface area contributed by atoms with Gasteiger partial charge in [0.05, 0.1) is 6.54 Å². The van der Waals surface area contributed by atoms with Crippen LogP contribution >= 0.6 is 11.8 Å². The van der Waals surface area contributed by atoms with E-state index in [-0.39, 0.29) is 5.75 Å². The van der Waals surface area contributed by atoms with Crippen molar-refractivity contribution in [1.82, 2.24) is 5.32 Å². The first-order chi connectivity index (χ1) is 15.1. The number of alkyl halides is 17. The third kappa shape index (κ3) is 5.34. The van der Waals surface area contributed by atoms with E-state index in [2.05, 4.69) is 0 Å². The van der Waals surface area contributed by atoms with Crippen molar-refractivity contribution in [3.05, 3.63) is 0 Å². The van der Waals surface area contributed by atoms with Crippen LogP contribution in [0.2, 0.25) is 0 Å². The van der Waals surface area contributed by atoms with Crippen LogP contribution in [0.5, 0.6) is 0 Å². The van der Waals surface area contributed by atoms with Crippen molar-refractivity contribution in [3.63, 3.8) is 0 Å². The first kappa shape index (κ1) is 33.6. The van der Waals surface area contributed by atoms with Gasteiger partial charge in [-0.1, -0.05) is 0 Å². The summed E-state index contributed by atoms with van der Waals surface area (Å²) in [7, 11) is 0. The van der Waals surface area contributed by atoms with Crippen LogP contribution in [0.25, 0.3) is 0 Å². The van der Waals surface area contributed by atoms with Gasteiger partial charge in [0.1, 0.15) is 6.04 Å². The molecule has 21 heteroatoms. The van der Waals surface area contributed by atoms with Crippen LogP contribution in [0.15, 0.2) is 0 Å². The van der Waals surface area contributed by atoms with E-state index >= 15 is 0 Å². The number of hydrogen-bond donors (Lipinski definition) is 2. The van der Waals surface area contributed by atoms with Crippen LogP contribution in [-0.4, -0.2) is 83.3 Å². The maximum absolute atomic E-state index is 13.7. The van der Waals surface area contributed by atoms with Gasteiger partial charge in [-0.2, -0.15) is 86.4 Å². The molecule has 0 saturated heterocycles. The zero-order valence-corrected chi connectivity index (χ0v) is 17.2. The largest absolute Gasteiger partial charge is 0.480 e. The smallest absolute Gasteiger partial charge is 0.460 e. The van der Waals surface area contributed by atoms with Gasteiger partial charge < -0.3 is 5.11 Å². The molecule has 0 rings (SSSR count). The maximum Gasteiger partial charge on any atom is 0.460 e. The Kier molecular flexibility index (Phi) is 9.41. The molecule has 0 aromatic carbocycles. The summed E-state index contributed by atoms with van der Waals surface area (Å²) in [4.78, 5) is 10.8. The van der Waals surface area contributed by atoms with Gasteiger partial charge in [0.15, 0.2) is 0 Å². The van der Waals surface area contributed by atoms with E-state index in [4.69, 9.17) is 5.11 Å². The van der Waals surface area contributed by atoms with E-state index in [9.17, 15) is 79.4 Å². The molecule has 0 aromatic heterocycles. The lowest BCUT2D eigenvalue weighted by atomic mass is 9.89. The molecule has 0 aliphatic rings. The molecule has 0 aromatic rings. The second kappa shape index (κ2) is 9.81. The van der Waals surface area contributed by atoms with E-state index in [1.54, 1.807) is 0 Å². The Morgan fingerprint density at radius 1 is 0.686 bits per heavy atom. The zero-order chi connectivity index (χ0) is 28.7. The van der Waals surface area contributed by atoms with E-state index in [0.29, 0.717) is 0 Å². The number of carboxylic acid groups (broad SMARTS) is 1. The number of carbonyl (C=O) groups is 1. The Balaban J connectivity index is 6.41. The van der Waals surface area contributed by atoms with Gasteiger partial charge >= 0.3 is 53.6 Å². The van der Waals surface area contributed by atoms with E-state index < -0.39 is 72.6 Å². The number of carboxylic acids is 1. The fraction of sp³-hybridized carbons (Fsp3) is 0.929. The monoisotopic (exact) mass is 581 g/mol. The average Bonchev–Trinajstić information content (AvgIpc) is 2.65. The van der Waals surface area contributed by atoms with Crippen molar-refractivity contribution in [1.29, 1.82) is 0 Å². The number of hydrogen-bond acceptors (Lipinski definition) is 3. The third-order valence-corrected chi connectivity index (χ3v) is 4.91. The highest BCUT2D eigenvalue weighted by Gasteiger charge is 2.95. The lowest BCUT2D eigenvalue weighted by Crippen LogP contribution is -2.75. The van der Waals surface area contributed by atoms with Crippen molar-refractivity contribution in [3.8, 4) is 0 Å². The molecule has 0 aliphatic heterocycles. The number of thioether (sulfide) groups is 1. The molecule has 1 atom stereocenters. The van der Waals surface area contributed by atoms with Crippen LogP contribution in [-0.2, 0) is 4.79 Å². The van der Waals surface area contributed by atoms with Crippen LogP contribution in [0.1, 0.15) is 6.42 Å². The number of rotatable bonds is 13. The lowest BCUT2D eigenvalue weighted by molar-refractivity contribution is -0.461. The molecule has 0 saturated carbocycles. The van der Waals surface area contributed by atoms with Gasteiger partial charge in [-0.15, -0.1) is 0 Å². The van der Waals surface area contributed by atoms with E-state index in [0.717, 1.165) is 17.1 Å². The summed E-state index contributed by atoms with van der Waals surface area (Å²) in [5.74, 6) is -59.3. The SMILES string of the molecule is CSCC[C@H](NCC(F)(F)C(F)(F)C(F)(F)C(F)(F)C(F)(F)C(F)(F)C(F)(F)C(F)(F)F)C(=O)O. The fourth-order valence-electron chi connectivity index (χ4n) is 2.11. The van der Waals surface area contributed by atoms with Crippen LogP contribution in [0.3, 0.4) is 0 Å². The standard InChI is InChI=1S/C14H12F17NO2S/c1-35-3-2-5(6(33)34)32-4-7(15,16)8(17,18)9(19,20)10(21,22)11(23,24)12(25,26)13(27,28)14(29,30)31/h5,32H,2-4H2,1H3,(H,33,34)/t5-/m0/s1.